The quantitative estimate of drug-likeness (QED) is 0.415. The van der Waals surface area contributed by atoms with Gasteiger partial charge in [-0.2, -0.15) is 26.3 Å². The third-order valence-corrected chi connectivity index (χ3v) is 3.66. The lowest BCUT2D eigenvalue weighted by Crippen LogP contribution is -2.61. The van der Waals surface area contributed by atoms with Crippen LogP contribution in [0.4, 0.5) is 26.3 Å². The van der Waals surface area contributed by atoms with Gasteiger partial charge in [0.25, 0.3) is 0 Å². The Morgan fingerprint density at radius 3 is 2.09 bits per heavy atom. The zero-order valence-corrected chi connectivity index (χ0v) is 11.3. The molecular weight excluding hydrogens is 350 g/mol. The molecule has 0 N–H and O–H groups in total. The van der Waals surface area contributed by atoms with Gasteiger partial charge in [0, 0.05) is 6.42 Å². The lowest BCUT2D eigenvalue weighted by Gasteiger charge is -2.38. The van der Waals surface area contributed by atoms with Gasteiger partial charge in [-0.1, -0.05) is 0 Å². The summed E-state index contributed by atoms with van der Waals surface area (Å²) in [5.41, 5.74) is -4.82. The molecule has 0 aliphatic carbocycles. The van der Waals surface area contributed by atoms with Crippen LogP contribution in [0, 0.1) is 5.92 Å². The van der Waals surface area contributed by atoms with Crippen molar-refractivity contribution in [3.63, 3.8) is 0 Å². The summed E-state index contributed by atoms with van der Waals surface area (Å²) in [6, 6.07) is 0. The molecular formula is C9H9F6O6S-. The molecule has 1 heterocycles. The third-order valence-electron chi connectivity index (χ3n) is 2.85. The number of ether oxygens (including phenoxy) is 2. The van der Waals surface area contributed by atoms with Crippen LogP contribution in [0.2, 0.25) is 0 Å². The van der Waals surface area contributed by atoms with Crippen LogP contribution in [-0.2, 0) is 24.4 Å². The van der Waals surface area contributed by atoms with Crippen molar-refractivity contribution in [3.8, 4) is 0 Å². The van der Waals surface area contributed by atoms with Crippen LogP contribution in [0.5, 0.6) is 0 Å². The minimum atomic E-state index is -6.00. The van der Waals surface area contributed by atoms with E-state index in [2.05, 4.69) is 9.47 Å². The second kappa shape index (κ2) is 5.85. The molecule has 0 saturated carbocycles. The van der Waals surface area contributed by atoms with E-state index in [9.17, 15) is 44.1 Å². The molecule has 1 aliphatic rings. The first-order valence-corrected chi connectivity index (χ1v) is 7.15. The van der Waals surface area contributed by atoms with Gasteiger partial charge in [-0.05, 0) is 0 Å². The van der Waals surface area contributed by atoms with E-state index in [-0.39, 0.29) is 0 Å². The van der Waals surface area contributed by atoms with Crippen LogP contribution < -0.4 is 0 Å². The number of alkyl halides is 6. The fourth-order valence-corrected chi connectivity index (χ4v) is 2.46. The SMILES string of the molecule is O=C1OC(C(F)(F)F)(C(F)(F)F)CCOCC1CS(=O)(=O)[O-]. The molecule has 0 aromatic carbocycles. The van der Waals surface area contributed by atoms with E-state index in [4.69, 9.17) is 0 Å². The highest BCUT2D eigenvalue weighted by atomic mass is 32.2. The van der Waals surface area contributed by atoms with Crippen molar-refractivity contribution in [2.45, 2.75) is 24.4 Å². The molecule has 0 aromatic heterocycles. The fraction of sp³-hybridized carbons (Fsp3) is 0.889. The fourth-order valence-electron chi connectivity index (χ4n) is 1.74. The van der Waals surface area contributed by atoms with Crippen LogP contribution in [0.3, 0.4) is 0 Å². The van der Waals surface area contributed by atoms with Crippen molar-refractivity contribution in [2.24, 2.45) is 5.92 Å². The van der Waals surface area contributed by atoms with E-state index in [1.54, 1.807) is 0 Å². The first kappa shape index (κ1) is 19.0. The van der Waals surface area contributed by atoms with Crippen LogP contribution >= 0.6 is 0 Å². The molecule has 6 nitrogen and oxygen atoms in total. The Kier molecular flexibility index (Phi) is 5.04. The highest BCUT2D eigenvalue weighted by molar-refractivity contribution is 7.85. The van der Waals surface area contributed by atoms with Gasteiger partial charge in [-0.25, -0.2) is 8.42 Å². The molecule has 0 radical (unpaired) electrons. The van der Waals surface area contributed by atoms with Crippen molar-refractivity contribution in [1.82, 2.24) is 0 Å². The molecule has 1 unspecified atom stereocenters. The molecule has 0 aromatic rings. The minimum absolute atomic E-state index is 0.841. The number of halogens is 6. The van der Waals surface area contributed by atoms with E-state index in [0.29, 0.717) is 0 Å². The van der Waals surface area contributed by atoms with Gasteiger partial charge in [-0.3, -0.25) is 4.79 Å². The average molecular weight is 359 g/mol. The highest BCUT2D eigenvalue weighted by Crippen LogP contribution is 2.49. The van der Waals surface area contributed by atoms with Crippen molar-refractivity contribution in [3.05, 3.63) is 0 Å². The largest absolute Gasteiger partial charge is 0.748 e. The summed E-state index contributed by atoms with van der Waals surface area (Å²) in [6.45, 7) is -1.94. The van der Waals surface area contributed by atoms with Crippen molar-refractivity contribution in [2.75, 3.05) is 19.0 Å². The number of carbonyl (C=O) groups excluding carboxylic acids is 1. The molecule has 0 spiro atoms. The van der Waals surface area contributed by atoms with Gasteiger partial charge in [-0.15, -0.1) is 0 Å². The van der Waals surface area contributed by atoms with E-state index >= 15 is 0 Å². The number of hydrogen-bond acceptors (Lipinski definition) is 6. The number of carbonyl (C=O) groups is 1. The summed E-state index contributed by atoms with van der Waals surface area (Å²) in [5.74, 6) is -5.72. The smallest absolute Gasteiger partial charge is 0.437 e. The van der Waals surface area contributed by atoms with Crippen molar-refractivity contribution >= 4 is 16.1 Å². The maximum Gasteiger partial charge on any atom is 0.437 e. The molecule has 1 fully saturated rings. The lowest BCUT2D eigenvalue weighted by atomic mass is 9.97. The van der Waals surface area contributed by atoms with E-state index in [0.717, 1.165) is 0 Å². The molecule has 1 saturated heterocycles. The second-order valence-corrected chi connectivity index (χ2v) is 5.94. The van der Waals surface area contributed by atoms with Crippen LogP contribution in [0.1, 0.15) is 6.42 Å². The van der Waals surface area contributed by atoms with Gasteiger partial charge >= 0.3 is 23.9 Å². The van der Waals surface area contributed by atoms with Crippen molar-refractivity contribution in [1.29, 1.82) is 0 Å². The molecule has 130 valence electrons. The maximum absolute atomic E-state index is 12.8. The Hall–Kier alpha value is -1.08. The standard InChI is InChI=1S/C9H10F6O6S/c10-8(11,12)7(9(13,14)15)1-2-20-3-5(6(16)21-7)4-22(17,18)19/h5H,1-4H2,(H,17,18,19)/p-1. The van der Waals surface area contributed by atoms with Crippen LogP contribution in [0.25, 0.3) is 0 Å². The minimum Gasteiger partial charge on any atom is -0.748 e. The molecule has 22 heavy (non-hydrogen) atoms. The Balaban J connectivity index is 3.20. The molecule has 0 bridgehead atoms. The molecule has 1 aliphatic heterocycles. The molecule has 0 amide bonds. The summed E-state index contributed by atoms with van der Waals surface area (Å²) in [6.07, 6.45) is -13.7. The molecule has 1 rings (SSSR count). The summed E-state index contributed by atoms with van der Waals surface area (Å²) < 4.78 is 117. The van der Waals surface area contributed by atoms with Crippen LogP contribution in [0.15, 0.2) is 0 Å². The van der Waals surface area contributed by atoms with Gasteiger partial charge in [0.2, 0.25) is 0 Å². The van der Waals surface area contributed by atoms with Gasteiger partial charge < -0.3 is 14.0 Å². The molecule has 1 atom stereocenters. The Morgan fingerprint density at radius 1 is 1.18 bits per heavy atom. The average Bonchev–Trinajstić information content (AvgIpc) is 2.23. The second-order valence-electron chi connectivity index (χ2n) is 4.49. The van der Waals surface area contributed by atoms with Gasteiger partial charge in [0.05, 0.1) is 35.0 Å². The number of rotatable bonds is 2. The zero-order valence-electron chi connectivity index (χ0n) is 10.5. The topological polar surface area (TPSA) is 92.7 Å². The zero-order chi connectivity index (χ0) is 17.4. The van der Waals surface area contributed by atoms with Crippen LogP contribution in [-0.4, -0.2) is 55.9 Å². The van der Waals surface area contributed by atoms with E-state index in [1.807, 2.05) is 0 Å². The summed E-state index contributed by atoms with van der Waals surface area (Å²) in [5, 5.41) is 0. The van der Waals surface area contributed by atoms with E-state index < -0.39 is 65.3 Å². The summed E-state index contributed by atoms with van der Waals surface area (Å²) in [7, 11) is -5.09. The molecule has 13 heteroatoms. The number of cyclic esters (lactones) is 1. The van der Waals surface area contributed by atoms with Crippen molar-refractivity contribution < 1.29 is 53.6 Å². The Morgan fingerprint density at radius 2 is 1.68 bits per heavy atom. The Labute approximate surface area is 120 Å². The monoisotopic (exact) mass is 359 g/mol. The predicted molar refractivity (Wildman–Crippen MR) is 54.4 cm³/mol. The highest BCUT2D eigenvalue weighted by Gasteiger charge is 2.74. The third kappa shape index (κ3) is 4.01. The normalized spacial score (nSPS) is 24.3. The summed E-state index contributed by atoms with van der Waals surface area (Å²) in [4.78, 5) is 11.4. The first-order valence-electron chi connectivity index (χ1n) is 5.57. The predicted octanol–water partition coefficient (Wildman–Crippen LogP) is 0.975. The first-order chi connectivity index (χ1) is 9.70. The van der Waals surface area contributed by atoms with E-state index in [1.165, 1.54) is 0 Å². The summed E-state index contributed by atoms with van der Waals surface area (Å²) >= 11 is 0. The number of esters is 1. The number of hydrogen-bond donors (Lipinski definition) is 0. The van der Waals surface area contributed by atoms with Gasteiger partial charge in [0.1, 0.15) is 0 Å². The van der Waals surface area contributed by atoms with Gasteiger partial charge in [0.15, 0.2) is 0 Å². The lowest BCUT2D eigenvalue weighted by molar-refractivity contribution is -0.376. The Bertz CT molecular complexity index is 510. The maximum atomic E-state index is 12.8.